The highest BCUT2D eigenvalue weighted by Gasteiger charge is 2.27. The van der Waals surface area contributed by atoms with Gasteiger partial charge in [0.25, 0.3) is 5.91 Å². The molecule has 38 heavy (non-hydrogen) atoms. The van der Waals surface area contributed by atoms with Gasteiger partial charge in [0.15, 0.2) is 11.5 Å². The molecule has 3 heterocycles. The highest BCUT2D eigenvalue weighted by Crippen LogP contribution is 2.33. The molecule has 0 unspecified atom stereocenters. The predicted molar refractivity (Wildman–Crippen MR) is 136 cm³/mol. The second-order valence-corrected chi connectivity index (χ2v) is 10.6. The third-order valence-corrected chi connectivity index (χ3v) is 7.68. The summed E-state index contributed by atoms with van der Waals surface area (Å²) < 4.78 is 49.9. The Morgan fingerprint density at radius 2 is 1.87 bits per heavy atom. The Morgan fingerprint density at radius 1 is 1.05 bits per heavy atom. The van der Waals surface area contributed by atoms with Gasteiger partial charge in [0.05, 0.1) is 43.6 Å². The molecule has 198 valence electrons. The summed E-state index contributed by atoms with van der Waals surface area (Å²) in [7, 11) is -2.23. The van der Waals surface area contributed by atoms with Crippen molar-refractivity contribution in [2.75, 3.05) is 20.5 Å². The van der Waals surface area contributed by atoms with Gasteiger partial charge in [-0.05, 0) is 35.9 Å². The lowest BCUT2D eigenvalue weighted by Gasteiger charge is -2.23. The molecule has 0 aliphatic carbocycles. The fourth-order valence-corrected chi connectivity index (χ4v) is 5.76. The zero-order valence-corrected chi connectivity index (χ0v) is 21.6. The fraction of sp³-hybridized carbons (Fsp3) is 0.259. The molecule has 0 radical (unpaired) electrons. The standard InChI is InChI=1S/C27H27N3O7S/c1-34-13-11-30-22(15-28-27(30)38(32,33)18-20-6-3-2-4-7-20)16-29(17-23-8-5-12-35-23)26(31)21-9-10-24-25(14-21)37-19-36-24/h2-10,12,14-15H,11,13,16-19H2,1H3. The van der Waals surface area contributed by atoms with Crippen molar-refractivity contribution in [3.63, 3.8) is 0 Å². The Bertz CT molecular complexity index is 1500. The number of ether oxygens (including phenoxy) is 3. The number of amides is 1. The second kappa shape index (κ2) is 11.1. The normalized spacial score (nSPS) is 12.6. The molecule has 0 N–H and O–H groups in total. The van der Waals surface area contributed by atoms with Crippen molar-refractivity contribution in [2.45, 2.75) is 30.5 Å². The van der Waals surface area contributed by atoms with E-state index in [4.69, 9.17) is 18.6 Å². The summed E-state index contributed by atoms with van der Waals surface area (Å²) in [6.07, 6.45) is 3.03. The summed E-state index contributed by atoms with van der Waals surface area (Å²) in [5.74, 6) is 1.17. The van der Waals surface area contributed by atoms with Crippen LogP contribution in [-0.2, 0) is 40.0 Å². The van der Waals surface area contributed by atoms with Gasteiger partial charge >= 0.3 is 0 Å². The molecule has 0 atom stereocenters. The summed E-state index contributed by atoms with van der Waals surface area (Å²) in [5, 5.41) is -0.0677. The summed E-state index contributed by atoms with van der Waals surface area (Å²) >= 11 is 0. The van der Waals surface area contributed by atoms with Crippen LogP contribution >= 0.6 is 0 Å². The molecule has 10 nitrogen and oxygen atoms in total. The Hall–Kier alpha value is -4.09. The van der Waals surface area contributed by atoms with E-state index in [1.807, 2.05) is 6.07 Å². The minimum Gasteiger partial charge on any atom is -0.467 e. The van der Waals surface area contributed by atoms with E-state index in [0.29, 0.717) is 34.1 Å². The Labute approximate surface area is 220 Å². The van der Waals surface area contributed by atoms with E-state index in [1.165, 1.54) is 12.5 Å². The van der Waals surface area contributed by atoms with Crippen LogP contribution in [0.25, 0.3) is 0 Å². The molecule has 5 rings (SSSR count). The smallest absolute Gasteiger partial charge is 0.254 e. The Balaban J connectivity index is 1.47. The molecular formula is C27H27N3O7S. The van der Waals surface area contributed by atoms with Crippen molar-refractivity contribution in [3.8, 4) is 11.5 Å². The number of hydrogen-bond acceptors (Lipinski definition) is 8. The van der Waals surface area contributed by atoms with Gasteiger partial charge in [0, 0.05) is 19.2 Å². The highest BCUT2D eigenvalue weighted by molar-refractivity contribution is 7.90. The first-order valence-corrected chi connectivity index (χ1v) is 13.6. The molecule has 1 aliphatic heterocycles. The van der Waals surface area contributed by atoms with Crippen LogP contribution in [0.1, 0.15) is 27.4 Å². The van der Waals surface area contributed by atoms with Crippen molar-refractivity contribution in [1.29, 1.82) is 0 Å². The minimum atomic E-state index is -3.77. The maximum Gasteiger partial charge on any atom is 0.254 e. The van der Waals surface area contributed by atoms with Crippen LogP contribution in [0.15, 0.2) is 82.7 Å². The van der Waals surface area contributed by atoms with Crippen LogP contribution in [0.4, 0.5) is 0 Å². The van der Waals surface area contributed by atoms with Gasteiger partial charge in [-0.25, -0.2) is 13.4 Å². The average Bonchev–Trinajstić information content (AvgIpc) is 3.68. The van der Waals surface area contributed by atoms with E-state index >= 15 is 0 Å². The number of carbonyl (C=O) groups excluding carboxylic acids is 1. The van der Waals surface area contributed by atoms with Crippen LogP contribution < -0.4 is 9.47 Å². The van der Waals surface area contributed by atoms with E-state index in [-0.39, 0.29) is 49.9 Å². The van der Waals surface area contributed by atoms with Gasteiger partial charge in [-0.3, -0.25) is 4.79 Å². The van der Waals surface area contributed by atoms with Crippen LogP contribution in [0.3, 0.4) is 0 Å². The van der Waals surface area contributed by atoms with Crippen LogP contribution in [-0.4, -0.2) is 49.3 Å². The Kier molecular flexibility index (Phi) is 7.47. The maximum absolute atomic E-state index is 13.7. The summed E-state index contributed by atoms with van der Waals surface area (Å²) in [4.78, 5) is 19.5. The number of rotatable bonds is 11. The number of methoxy groups -OCH3 is 1. The topological polar surface area (TPSA) is 113 Å². The van der Waals surface area contributed by atoms with Crippen molar-refractivity contribution in [2.24, 2.45) is 0 Å². The number of hydrogen-bond donors (Lipinski definition) is 0. The lowest BCUT2D eigenvalue weighted by molar-refractivity contribution is 0.0711. The van der Waals surface area contributed by atoms with Crippen molar-refractivity contribution < 1.29 is 31.8 Å². The van der Waals surface area contributed by atoms with Gasteiger partial charge in [-0.15, -0.1) is 0 Å². The van der Waals surface area contributed by atoms with Gasteiger partial charge in [-0.2, -0.15) is 0 Å². The third kappa shape index (κ3) is 5.58. The molecule has 11 heteroatoms. The van der Waals surface area contributed by atoms with Crippen LogP contribution in [0.2, 0.25) is 0 Å². The summed E-state index contributed by atoms with van der Waals surface area (Å²) in [5.41, 5.74) is 1.61. The van der Waals surface area contributed by atoms with Crippen molar-refractivity contribution in [1.82, 2.24) is 14.5 Å². The summed E-state index contributed by atoms with van der Waals surface area (Å²) in [6, 6.07) is 17.5. The maximum atomic E-state index is 13.7. The molecule has 0 bridgehead atoms. The number of sulfone groups is 1. The molecule has 0 saturated carbocycles. The fourth-order valence-electron chi connectivity index (χ4n) is 4.24. The number of fused-ring (bicyclic) bond motifs is 1. The molecular weight excluding hydrogens is 510 g/mol. The van der Waals surface area contributed by atoms with Gasteiger partial charge in [-0.1, -0.05) is 30.3 Å². The predicted octanol–water partition coefficient (Wildman–Crippen LogP) is 3.67. The number of nitrogens with zero attached hydrogens (tertiary/aromatic N) is 3. The van der Waals surface area contributed by atoms with Crippen LogP contribution in [0, 0.1) is 0 Å². The lowest BCUT2D eigenvalue weighted by Crippen LogP contribution is -2.31. The molecule has 0 spiro atoms. The first kappa shape index (κ1) is 25.6. The highest BCUT2D eigenvalue weighted by atomic mass is 32.2. The third-order valence-electron chi connectivity index (χ3n) is 6.08. The second-order valence-electron chi connectivity index (χ2n) is 8.73. The van der Waals surface area contributed by atoms with E-state index in [2.05, 4.69) is 4.98 Å². The zero-order chi connectivity index (χ0) is 26.5. The van der Waals surface area contributed by atoms with Gasteiger partial charge in [0.2, 0.25) is 21.8 Å². The molecule has 1 aliphatic rings. The molecule has 0 saturated heterocycles. The Morgan fingerprint density at radius 3 is 2.63 bits per heavy atom. The first-order chi connectivity index (χ1) is 18.4. The van der Waals surface area contributed by atoms with E-state index < -0.39 is 9.84 Å². The average molecular weight is 538 g/mol. The number of carbonyl (C=O) groups is 1. The van der Waals surface area contributed by atoms with Gasteiger partial charge < -0.3 is 28.1 Å². The SMILES string of the molecule is COCCn1c(CN(Cc2ccco2)C(=O)c2ccc3c(c2)OCO3)cnc1S(=O)(=O)Cc1ccccc1. The number of furan rings is 1. The largest absolute Gasteiger partial charge is 0.467 e. The monoisotopic (exact) mass is 537 g/mol. The minimum absolute atomic E-state index is 0.0677. The molecule has 0 fully saturated rings. The first-order valence-electron chi connectivity index (χ1n) is 12.0. The summed E-state index contributed by atoms with van der Waals surface area (Å²) in [6.45, 7) is 0.878. The van der Waals surface area contributed by atoms with Crippen molar-refractivity contribution in [3.05, 3.63) is 95.7 Å². The van der Waals surface area contributed by atoms with E-state index in [1.54, 1.807) is 71.2 Å². The quantitative estimate of drug-likeness (QED) is 0.285. The molecule has 2 aromatic carbocycles. The van der Waals surface area contributed by atoms with E-state index in [0.717, 1.165) is 0 Å². The van der Waals surface area contributed by atoms with E-state index in [9.17, 15) is 13.2 Å². The molecule has 4 aromatic rings. The van der Waals surface area contributed by atoms with Crippen LogP contribution in [0.5, 0.6) is 11.5 Å². The molecule has 2 aromatic heterocycles. The lowest BCUT2D eigenvalue weighted by atomic mass is 10.1. The zero-order valence-electron chi connectivity index (χ0n) is 20.8. The van der Waals surface area contributed by atoms with Crippen molar-refractivity contribution >= 4 is 15.7 Å². The number of aromatic nitrogens is 2. The molecule has 1 amide bonds. The van der Waals surface area contributed by atoms with Gasteiger partial charge in [0.1, 0.15) is 5.76 Å². The number of benzene rings is 2. The number of imidazole rings is 1.